The van der Waals surface area contributed by atoms with Crippen LogP contribution >= 0.6 is 0 Å². The average Bonchev–Trinajstić information content (AvgIpc) is 2.93. The van der Waals surface area contributed by atoms with E-state index in [0.29, 0.717) is 0 Å². The molecule has 0 N–H and O–H groups in total. The maximum atomic E-state index is 6.04. The van der Waals surface area contributed by atoms with Crippen LogP contribution in [0.1, 0.15) is 23.1 Å². The van der Waals surface area contributed by atoms with Gasteiger partial charge in [0.1, 0.15) is 11.5 Å². The molecule has 4 aromatic rings. The third-order valence-corrected chi connectivity index (χ3v) is 7.07. The molecule has 0 spiro atoms. The second-order valence-electron chi connectivity index (χ2n) is 9.47. The predicted octanol–water partition coefficient (Wildman–Crippen LogP) is 6.52. The van der Waals surface area contributed by atoms with Crippen molar-refractivity contribution in [1.82, 2.24) is 4.90 Å². The first-order valence-corrected chi connectivity index (χ1v) is 12.9. The molecule has 1 aliphatic heterocycles. The quantitative estimate of drug-likeness (QED) is 0.255. The van der Waals surface area contributed by atoms with E-state index in [4.69, 9.17) is 14.2 Å². The Balaban J connectivity index is 1.34. The lowest BCUT2D eigenvalue weighted by atomic mass is 9.88. The number of rotatable bonds is 9. The summed E-state index contributed by atoms with van der Waals surface area (Å²) in [5.74, 6) is 1.81. The largest absolute Gasteiger partial charge is 0.497 e. The summed E-state index contributed by atoms with van der Waals surface area (Å²) in [6.45, 7) is 7.73. The van der Waals surface area contributed by atoms with Crippen LogP contribution in [0.15, 0.2) is 78.9 Å². The molecule has 4 nitrogen and oxygen atoms in total. The molecule has 1 heterocycles. The van der Waals surface area contributed by atoms with Crippen molar-refractivity contribution in [2.75, 3.05) is 46.6 Å². The molecule has 4 heteroatoms. The maximum Gasteiger partial charge on any atom is 0.119 e. The summed E-state index contributed by atoms with van der Waals surface area (Å²) < 4.78 is 16.9. The van der Waals surface area contributed by atoms with Crippen molar-refractivity contribution in [2.24, 2.45) is 0 Å². The lowest BCUT2D eigenvalue weighted by Crippen LogP contribution is -2.37. The van der Waals surface area contributed by atoms with E-state index >= 15 is 0 Å². The van der Waals surface area contributed by atoms with E-state index < -0.39 is 0 Å². The number of hydrogen-bond acceptors (Lipinski definition) is 4. The highest BCUT2D eigenvalue weighted by Crippen LogP contribution is 2.35. The van der Waals surface area contributed by atoms with E-state index in [1.54, 1.807) is 7.11 Å². The summed E-state index contributed by atoms with van der Waals surface area (Å²) in [4.78, 5) is 2.45. The highest BCUT2D eigenvalue weighted by Gasteiger charge is 2.13. The van der Waals surface area contributed by atoms with Crippen LogP contribution in [0.3, 0.4) is 0 Å². The van der Waals surface area contributed by atoms with Gasteiger partial charge in [0, 0.05) is 19.6 Å². The number of morpholine rings is 1. The summed E-state index contributed by atoms with van der Waals surface area (Å²) in [7, 11) is 1.72. The Kier molecular flexibility index (Phi) is 7.85. The molecule has 4 aromatic carbocycles. The van der Waals surface area contributed by atoms with Crippen LogP contribution in [0.25, 0.3) is 21.9 Å². The fraction of sp³-hybridized carbons (Fsp3) is 0.312. The zero-order valence-corrected chi connectivity index (χ0v) is 21.3. The summed E-state index contributed by atoms with van der Waals surface area (Å²) in [6, 6.07) is 28.1. The Morgan fingerprint density at radius 3 is 2.39 bits per heavy atom. The van der Waals surface area contributed by atoms with Crippen molar-refractivity contribution < 1.29 is 14.2 Å². The molecule has 36 heavy (non-hydrogen) atoms. The number of benzene rings is 4. The molecule has 0 unspecified atom stereocenters. The number of fused-ring (bicyclic) bond motifs is 1. The molecule has 0 radical (unpaired) electrons. The summed E-state index contributed by atoms with van der Waals surface area (Å²) in [6.07, 6.45) is 1.88. The fourth-order valence-electron chi connectivity index (χ4n) is 5.03. The van der Waals surface area contributed by atoms with E-state index in [-0.39, 0.29) is 0 Å². The van der Waals surface area contributed by atoms with E-state index in [1.165, 1.54) is 38.6 Å². The van der Waals surface area contributed by atoms with Gasteiger partial charge in [-0.25, -0.2) is 0 Å². The normalized spacial score (nSPS) is 14.2. The molecule has 1 saturated heterocycles. The van der Waals surface area contributed by atoms with Gasteiger partial charge in [0.25, 0.3) is 0 Å². The number of hydrogen-bond donors (Lipinski definition) is 0. The van der Waals surface area contributed by atoms with Crippen molar-refractivity contribution in [3.8, 4) is 22.6 Å². The van der Waals surface area contributed by atoms with Crippen molar-refractivity contribution in [3.05, 3.63) is 95.6 Å². The molecular weight excluding hydrogens is 446 g/mol. The first-order valence-electron chi connectivity index (χ1n) is 12.9. The van der Waals surface area contributed by atoms with Gasteiger partial charge in [-0.15, -0.1) is 0 Å². The predicted molar refractivity (Wildman–Crippen MR) is 147 cm³/mol. The number of nitrogens with zero attached hydrogens (tertiary/aromatic N) is 1. The van der Waals surface area contributed by atoms with Gasteiger partial charge in [0.15, 0.2) is 0 Å². The molecule has 0 bridgehead atoms. The molecule has 1 fully saturated rings. The first kappa shape index (κ1) is 24.4. The molecule has 1 aliphatic rings. The van der Waals surface area contributed by atoms with Crippen LogP contribution < -0.4 is 9.47 Å². The van der Waals surface area contributed by atoms with Crippen molar-refractivity contribution in [3.63, 3.8) is 0 Å². The standard InChI is InChI=1S/C32H35NO3/c1-24-6-3-4-7-29(24)31-14-10-26-23-28(34-2)13-15-30(26)32(31)22-25-8-11-27(12-9-25)36-19-5-16-33-17-20-35-21-18-33/h3-4,6-15,23H,5,16-22H2,1-2H3. The zero-order valence-electron chi connectivity index (χ0n) is 21.3. The summed E-state index contributed by atoms with van der Waals surface area (Å²) in [5.41, 5.74) is 6.46. The Morgan fingerprint density at radius 1 is 0.833 bits per heavy atom. The number of methoxy groups -OCH3 is 1. The zero-order chi connectivity index (χ0) is 24.7. The molecule has 0 amide bonds. The van der Waals surface area contributed by atoms with Gasteiger partial charge in [-0.2, -0.15) is 0 Å². The van der Waals surface area contributed by atoms with Crippen molar-refractivity contribution >= 4 is 10.8 Å². The van der Waals surface area contributed by atoms with E-state index in [1.807, 2.05) is 0 Å². The lowest BCUT2D eigenvalue weighted by molar-refractivity contribution is 0.0358. The first-order chi connectivity index (χ1) is 17.7. The Bertz CT molecular complexity index is 1290. The molecule has 0 aromatic heterocycles. The van der Waals surface area contributed by atoms with Crippen molar-refractivity contribution in [2.45, 2.75) is 19.8 Å². The molecular formula is C32H35NO3. The molecule has 0 atom stereocenters. The van der Waals surface area contributed by atoms with Gasteiger partial charge >= 0.3 is 0 Å². The van der Waals surface area contributed by atoms with E-state index in [0.717, 1.165) is 63.8 Å². The van der Waals surface area contributed by atoms with Crippen molar-refractivity contribution in [1.29, 1.82) is 0 Å². The van der Waals surface area contributed by atoms with Crippen LogP contribution in [0.5, 0.6) is 11.5 Å². The Labute approximate surface area is 214 Å². The molecule has 5 rings (SSSR count). The van der Waals surface area contributed by atoms with Gasteiger partial charge in [0.05, 0.1) is 26.9 Å². The van der Waals surface area contributed by atoms with Gasteiger partial charge < -0.3 is 14.2 Å². The third-order valence-electron chi connectivity index (χ3n) is 7.07. The topological polar surface area (TPSA) is 30.9 Å². The molecule has 186 valence electrons. The van der Waals surface area contributed by atoms with Gasteiger partial charge in [-0.3, -0.25) is 4.90 Å². The second-order valence-corrected chi connectivity index (χ2v) is 9.47. The minimum atomic E-state index is 0.735. The van der Waals surface area contributed by atoms with Gasteiger partial charge in [-0.05, 0) is 82.6 Å². The highest BCUT2D eigenvalue weighted by atomic mass is 16.5. The Hall–Kier alpha value is -3.34. The Morgan fingerprint density at radius 2 is 1.61 bits per heavy atom. The minimum Gasteiger partial charge on any atom is -0.497 e. The van der Waals surface area contributed by atoms with E-state index in [2.05, 4.69) is 90.7 Å². The summed E-state index contributed by atoms with van der Waals surface area (Å²) in [5, 5.41) is 2.46. The fourth-order valence-corrected chi connectivity index (χ4v) is 5.03. The van der Waals surface area contributed by atoms with Crippen LogP contribution in [0.4, 0.5) is 0 Å². The molecule has 0 aliphatic carbocycles. The number of ether oxygens (including phenoxy) is 3. The lowest BCUT2D eigenvalue weighted by Gasteiger charge is -2.26. The van der Waals surface area contributed by atoms with Crippen LogP contribution in [-0.2, 0) is 11.2 Å². The van der Waals surface area contributed by atoms with Crippen LogP contribution in [0, 0.1) is 6.92 Å². The minimum absolute atomic E-state index is 0.735. The molecule has 0 saturated carbocycles. The average molecular weight is 482 g/mol. The SMILES string of the molecule is COc1ccc2c(Cc3ccc(OCCCN4CCOCC4)cc3)c(-c3ccccc3C)ccc2c1. The van der Waals surface area contributed by atoms with Gasteiger partial charge in [-0.1, -0.05) is 54.6 Å². The monoisotopic (exact) mass is 481 g/mol. The third kappa shape index (κ3) is 5.72. The van der Waals surface area contributed by atoms with Crippen LogP contribution in [0.2, 0.25) is 0 Å². The van der Waals surface area contributed by atoms with Crippen LogP contribution in [-0.4, -0.2) is 51.5 Å². The van der Waals surface area contributed by atoms with E-state index in [9.17, 15) is 0 Å². The van der Waals surface area contributed by atoms with Gasteiger partial charge in [0.2, 0.25) is 0 Å². The maximum absolute atomic E-state index is 6.04. The number of aryl methyl sites for hydroxylation is 1. The smallest absolute Gasteiger partial charge is 0.119 e. The second kappa shape index (κ2) is 11.6. The highest BCUT2D eigenvalue weighted by molar-refractivity contribution is 5.93. The summed E-state index contributed by atoms with van der Waals surface area (Å²) >= 11 is 0.